The number of carbonyl (C=O) groups is 4. The number of amides is 4. The first-order valence-corrected chi connectivity index (χ1v) is 31.8. The summed E-state index contributed by atoms with van der Waals surface area (Å²) < 4.78 is 45.2. The fourth-order valence-corrected chi connectivity index (χ4v) is 11.2. The van der Waals surface area contributed by atoms with Crippen molar-refractivity contribution < 1.29 is 66.7 Å². The first kappa shape index (κ1) is 59.4. The van der Waals surface area contributed by atoms with Crippen LogP contribution in [-0.2, 0) is 18.3 Å². The zero-order valence-corrected chi connectivity index (χ0v) is 49.5. The number of rotatable bonds is 14. The van der Waals surface area contributed by atoms with Crippen LogP contribution in [0.5, 0.6) is 23.0 Å². The normalized spacial score (nSPS) is 22.7. The number of aliphatic hydroxyl groups excluding tert-OH is 2. The summed E-state index contributed by atoms with van der Waals surface area (Å²) in [5.74, 6) is -0.373. The van der Waals surface area contributed by atoms with E-state index < -0.39 is 98.2 Å². The molecule has 0 aliphatic carbocycles. The van der Waals surface area contributed by atoms with Gasteiger partial charge in [0.15, 0.2) is 52.1 Å². The monoisotopic (exact) mass is 1180 g/mol. The smallest absolute Gasteiger partial charge is 0.416 e. The molecule has 4 aliphatic heterocycles. The summed E-state index contributed by atoms with van der Waals surface area (Å²) in [5.41, 5.74) is 0.245. The van der Waals surface area contributed by atoms with Gasteiger partial charge in [0.25, 0.3) is 11.8 Å². The average Bonchev–Trinajstić information content (AvgIpc) is 3.83. The molecule has 18 nitrogen and oxygen atoms in total. The second-order valence-corrected chi connectivity index (χ2v) is 36.1. The van der Waals surface area contributed by atoms with Crippen molar-refractivity contribution in [2.24, 2.45) is 0 Å². The van der Waals surface area contributed by atoms with Crippen LogP contribution in [-0.4, -0.2) is 159 Å². The van der Waals surface area contributed by atoms with E-state index in [0.29, 0.717) is 0 Å². The van der Waals surface area contributed by atoms with Gasteiger partial charge in [0.2, 0.25) is 7.59 Å². The quantitative estimate of drug-likeness (QED) is 0.103. The molecule has 0 radical (unpaired) electrons. The second-order valence-electron chi connectivity index (χ2n) is 21.5. The van der Waals surface area contributed by atoms with Crippen molar-refractivity contribution in [2.45, 2.75) is 141 Å². The minimum atomic E-state index is -2.74. The van der Waals surface area contributed by atoms with Crippen LogP contribution >= 0.6 is 69.6 Å². The zero-order valence-electron chi connectivity index (χ0n) is 43.0. The van der Waals surface area contributed by atoms with E-state index in [-0.39, 0.29) is 101 Å². The number of carbonyl (C=O) groups excluding carboxylic acids is 4. The predicted molar refractivity (Wildman–Crippen MR) is 285 cm³/mol. The van der Waals surface area contributed by atoms with Crippen LogP contribution in [0.4, 0.5) is 21.0 Å². The highest BCUT2D eigenvalue weighted by molar-refractivity contribution is 6.74. The number of hydrogen-bond donors (Lipinski definition) is 2. The Labute approximate surface area is 458 Å². The number of ether oxygens (including phenoxy) is 6. The van der Waals surface area contributed by atoms with E-state index in [1.165, 1.54) is 58.1 Å². The lowest BCUT2D eigenvalue weighted by Crippen LogP contribution is -2.58. The SMILES string of the molecule is COc1cc2c(cc1OCCCOc1cc3c(cc1OC)C(=O)N1C[C@H](O)C[C@H]1[C@H](O[Si](C)(C)C(C)(C)C)N3C(=O)OCC(Cl)(Cl)Cl)N(C(=O)OCC(Cl)(Cl)Cl)[C@@H](O[Si](C)(C)C(C)(C)C)[C@@H]1C[C@@H](O)CN1C2=O. The van der Waals surface area contributed by atoms with Gasteiger partial charge < -0.3 is 57.3 Å². The highest BCUT2D eigenvalue weighted by atomic mass is 35.6. The number of fused-ring (bicyclic) bond motifs is 4. The molecule has 0 saturated carbocycles. The molecule has 6 rings (SSSR count). The summed E-state index contributed by atoms with van der Waals surface area (Å²) in [6.45, 7) is 18.9. The van der Waals surface area contributed by atoms with Crippen LogP contribution in [0.3, 0.4) is 0 Å². The molecule has 4 heterocycles. The minimum Gasteiger partial charge on any atom is -0.493 e. The number of aliphatic hydroxyl groups is 2. The fourth-order valence-electron chi connectivity index (χ4n) is 8.48. The van der Waals surface area contributed by atoms with E-state index in [2.05, 4.69) is 0 Å². The molecule has 2 aromatic rings. The van der Waals surface area contributed by atoms with Gasteiger partial charge in [-0.3, -0.25) is 9.59 Å². The lowest BCUT2D eigenvalue weighted by atomic mass is 10.1. The van der Waals surface area contributed by atoms with Crippen LogP contribution in [0.2, 0.25) is 36.3 Å². The first-order valence-electron chi connectivity index (χ1n) is 23.7. The Kier molecular flexibility index (Phi) is 18.1. The largest absolute Gasteiger partial charge is 0.493 e. The molecule has 0 aromatic heterocycles. The van der Waals surface area contributed by atoms with Gasteiger partial charge in [-0.15, -0.1) is 0 Å². The van der Waals surface area contributed by atoms with Gasteiger partial charge in [0.1, 0.15) is 13.2 Å². The minimum absolute atomic E-state index is 0.00570. The van der Waals surface area contributed by atoms with E-state index in [1.807, 2.05) is 67.7 Å². The molecular weight excluding hydrogens is 1110 g/mol. The van der Waals surface area contributed by atoms with E-state index in [0.717, 1.165) is 0 Å². The number of methoxy groups -OCH3 is 2. The van der Waals surface area contributed by atoms with Gasteiger partial charge in [0.05, 0.1) is 74.2 Å². The number of nitrogens with zero attached hydrogens (tertiary/aromatic N) is 4. The topological polar surface area (TPSA) is 196 Å². The van der Waals surface area contributed by atoms with Crippen molar-refractivity contribution >= 4 is 122 Å². The van der Waals surface area contributed by atoms with Gasteiger partial charge in [0, 0.05) is 31.6 Å². The summed E-state index contributed by atoms with van der Waals surface area (Å²) in [6.07, 6.45) is -5.60. The maximum atomic E-state index is 14.5. The molecule has 4 aliphatic rings. The maximum absolute atomic E-state index is 14.5. The predicted octanol–water partition coefficient (Wildman–Crippen LogP) is 10.1. The van der Waals surface area contributed by atoms with Crippen molar-refractivity contribution in [2.75, 3.05) is 63.5 Å². The van der Waals surface area contributed by atoms with Crippen LogP contribution in [0.1, 0.15) is 81.5 Å². The summed E-state index contributed by atoms with van der Waals surface area (Å²) in [5, 5.41) is 21.2. The number of anilines is 2. The van der Waals surface area contributed by atoms with Crippen molar-refractivity contribution in [3.63, 3.8) is 0 Å². The lowest BCUT2D eigenvalue weighted by molar-refractivity contribution is 0.0522. The number of benzene rings is 2. The van der Waals surface area contributed by atoms with Crippen molar-refractivity contribution in [1.82, 2.24) is 9.80 Å². The van der Waals surface area contributed by atoms with Crippen molar-refractivity contribution in [3.8, 4) is 23.0 Å². The van der Waals surface area contributed by atoms with Gasteiger partial charge >= 0.3 is 12.2 Å². The average molecular weight is 1180 g/mol. The summed E-state index contributed by atoms with van der Waals surface area (Å²) >= 11 is 36.2. The fraction of sp³-hybridized carbons (Fsp3) is 0.660. The molecule has 26 heteroatoms. The highest BCUT2D eigenvalue weighted by Crippen LogP contribution is 2.48. The van der Waals surface area contributed by atoms with Crippen molar-refractivity contribution in [3.05, 3.63) is 35.4 Å². The molecule has 73 heavy (non-hydrogen) atoms. The van der Waals surface area contributed by atoms with E-state index in [9.17, 15) is 29.4 Å². The molecule has 408 valence electrons. The van der Waals surface area contributed by atoms with Crippen molar-refractivity contribution in [1.29, 1.82) is 0 Å². The van der Waals surface area contributed by atoms with Gasteiger partial charge in [-0.05, 0) is 61.2 Å². The Bertz CT molecular complexity index is 2240. The summed E-state index contributed by atoms with van der Waals surface area (Å²) in [7, 11) is -2.69. The van der Waals surface area contributed by atoms with E-state index >= 15 is 0 Å². The van der Waals surface area contributed by atoms with Crippen LogP contribution in [0, 0.1) is 0 Å². The Morgan fingerprint density at radius 2 is 0.945 bits per heavy atom. The van der Waals surface area contributed by atoms with Gasteiger partial charge in [-0.1, -0.05) is 111 Å². The molecular formula is C47H66Cl6N4O14Si2. The van der Waals surface area contributed by atoms with Gasteiger partial charge in [-0.25, -0.2) is 19.4 Å². The van der Waals surface area contributed by atoms with E-state index in [1.54, 1.807) is 0 Å². The molecule has 0 spiro atoms. The van der Waals surface area contributed by atoms with Crippen LogP contribution in [0.25, 0.3) is 0 Å². The maximum Gasteiger partial charge on any atom is 0.416 e. The molecule has 2 N–H and O–H groups in total. The Balaban J connectivity index is 1.33. The Morgan fingerprint density at radius 1 is 0.603 bits per heavy atom. The Morgan fingerprint density at radius 3 is 1.25 bits per heavy atom. The first-order chi connectivity index (χ1) is 33.6. The third-order valence-electron chi connectivity index (χ3n) is 14.2. The van der Waals surface area contributed by atoms with Gasteiger partial charge in [-0.2, -0.15) is 0 Å². The summed E-state index contributed by atoms with van der Waals surface area (Å²) in [4.78, 5) is 63.1. The molecule has 0 bridgehead atoms. The highest BCUT2D eigenvalue weighted by Gasteiger charge is 2.54. The zero-order chi connectivity index (χ0) is 54.6. The molecule has 0 unspecified atom stereocenters. The summed E-state index contributed by atoms with van der Waals surface area (Å²) in [6, 6.07) is 4.29. The lowest BCUT2D eigenvalue weighted by Gasteiger charge is -2.44. The molecule has 2 fully saturated rings. The van der Waals surface area contributed by atoms with Crippen LogP contribution < -0.4 is 28.7 Å². The standard InChI is InChI=1S/C47H66Cl6N4O14Si2/c1-44(2,3)72(9,10)70-40-32-16-26(58)22-54(32)38(60)28-18-34(64-7)36(20-30(28)56(40)42(62)68-24-46(48,49)50)66-14-13-15-67-37-21-31-29(19-35(37)65-8)39(61)55-23-27(59)17-33(55)41(71-73(11,12)45(4,5)6)57(31)43(63)69-25-47(51,52)53/h18-21,26-27,32-33,40-41,58-59H,13-17,22-25H2,1-12H3/t26-,27-,32+,33+,40+,41+/m1/s1. The second kappa shape index (κ2) is 22.2. The third kappa shape index (κ3) is 13.3. The molecule has 4 amide bonds. The number of halogens is 6. The number of alkyl halides is 6. The van der Waals surface area contributed by atoms with Crippen LogP contribution in [0.15, 0.2) is 24.3 Å². The molecule has 6 atom stereocenters. The molecule has 2 saturated heterocycles. The van der Waals surface area contributed by atoms with E-state index in [4.69, 9.17) is 107 Å². The molecule has 2 aromatic carbocycles. The Hall–Kier alpha value is -2.87. The third-order valence-corrected chi connectivity index (χ3v) is 23.8. The number of hydrogen-bond acceptors (Lipinski definition) is 14.